The average molecular weight is 820 g/mol. The summed E-state index contributed by atoms with van der Waals surface area (Å²) in [7, 11) is -4.39. The van der Waals surface area contributed by atoms with E-state index in [1.54, 1.807) is 58.0 Å². The van der Waals surface area contributed by atoms with Gasteiger partial charge in [0.1, 0.15) is 23.6 Å². The van der Waals surface area contributed by atoms with Crippen LogP contribution in [0.4, 0.5) is 18.0 Å². The fourth-order valence-corrected chi connectivity index (χ4v) is 6.88. The molecule has 12 nitrogen and oxygen atoms in total. The summed E-state index contributed by atoms with van der Waals surface area (Å²) in [6.45, 7) is 6.46. The van der Waals surface area contributed by atoms with Crippen LogP contribution in [0.5, 0.6) is 0 Å². The van der Waals surface area contributed by atoms with Gasteiger partial charge in [-0.25, -0.2) is 17.9 Å². The highest BCUT2D eigenvalue weighted by atomic mass is 35.5. The number of alkyl carbamates (subject to hydrolysis) is 1. The Hall–Kier alpha value is -3.93. The van der Waals surface area contributed by atoms with Crippen LogP contribution >= 0.6 is 23.2 Å². The van der Waals surface area contributed by atoms with Gasteiger partial charge in [0.2, 0.25) is 21.8 Å². The maximum absolute atomic E-state index is 14.2. The van der Waals surface area contributed by atoms with Crippen LogP contribution in [0.2, 0.25) is 10.0 Å². The Labute approximate surface area is 322 Å². The Morgan fingerprint density at radius 2 is 1.48 bits per heavy atom. The van der Waals surface area contributed by atoms with Gasteiger partial charge in [-0.1, -0.05) is 65.7 Å². The molecule has 3 aromatic rings. The van der Waals surface area contributed by atoms with Crippen LogP contribution in [0.15, 0.2) is 77.7 Å². The molecule has 0 saturated heterocycles. The Morgan fingerprint density at radius 3 is 2.04 bits per heavy atom. The lowest BCUT2D eigenvalue weighted by Crippen LogP contribution is -2.59. The van der Waals surface area contributed by atoms with E-state index in [0.717, 1.165) is 18.2 Å². The number of benzene rings is 3. The third kappa shape index (κ3) is 13.7. The van der Waals surface area contributed by atoms with Gasteiger partial charge in [-0.2, -0.15) is 13.2 Å². The van der Waals surface area contributed by atoms with Crippen LogP contribution in [-0.2, 0) is 53.0 Å². The number of nitrogens with zero attached hydrogens (tertiary/aromatic N) is 1. The summed E-state index contributed by atoms with van der Waals surface area (Å²) in [6, 6.07) is 12.8. The minimum absolute atomic E-state index is 0.0628. The van der Waals surface area contributed by atoms with Gasteiger partial charge in [-0.3, -0.25) is 9.59 Å². The van der Waals surface area contributed by atoms with Crippen molar-refractivity contribution in [2.75, 3.05) is 26.3 Å². The summed E-state index contributed by atoms with van der Waals surface area (Å²) in [5.74, 6) is -1.67. The third-order valence-electron chi connectivity index (χ3n) is 7.78. The Morgan fingerprint density at radius 1 is 0.852 bits per heavy atom. The molecule has 2 atom stereocenters. The van der Waals surface area contributed by atoms with E-state index in [4.69, 9.17) is 37.4 Å². The van der Waals surface area contributed by atoms with Gasteiger partial charge in [0.15, 0.2) is 6.29 Å². The smallest absolute Gasteiger partial charge is 0.416 e. The second kappa shape index (κ2) is 20.7. The topological polar surface area (TPSA) is 152 Å². The van der Waals surface area contributed by atoms with E-state index in [0.29, 0.717) is 5.56 Å². The summed E-state index contributed by atoms with van der Waals surface area (Å²) < 4.78 is 85.3. The van der Waals surface area contributed by atoms with Gasteiger partial charge in [0.05, 0.1) is 17.1 Å². The van der Waals surface area contributed by atoms with E-state index >= 15 is 0 Å². The number of ether oxygens (including phenoxy) is 3. The fourth-order valence-electron chi connectivity index (χ4n) is 5.06. The number of hydrogen-bond acceptors (Lipinski definition) is 8. The molecule has 2 unspecified atom stereocenters. The van der Waals surface area contributed by atoms with Crippen molar-refractivity contribution in [3.05, 3.63) is 99.5 Å². The zero-order chi connectivity index (χ0) is 40.1. The van der Waals surface area contributed by atoms with Crippen molar-refractivity contribution in [3.8, 4) is 0 Å². The zero-order valence-electron chi connectivity index (χ0n) is 30.0. The van der Waals surface area contributed by atoms with Gasteiger partial charge in [-0.15, -0.1) is 0 Å². The summed E-state index contributed by atoms with van der Waals surface area (Å²) >= 11 is 12.0. The maximum Gasteiger partial charge on any atom is 0.416 e. The predicted molar refractivity (Wildman–Crippen MR) is 196 cm³/mol. The molecule has 0 bridgehead atoms. The number of halogens is 5. The van der Waals surface area contributed by atoms with E-state index in [1.807, 2.05) is 0 Å². The van der Waals surface area contributed by atoms with Crippen LogP contribution in [-0.4, -0.2) is 81.9 Å². The monoisotopic (exact) mass is 818 g/mol. The van der Waals surface area contributed by atoms with Crippen molar-refractivity contribution < 1.29 is 50.2 Å². The minimum atomic E-state index is -4.61. The molecular formula is C36H43Cl2F3N4O8S. The lowest BCUT2D eigenvalue weighted by molar-refractivity contribution is -0.163. The highest BCUT2D eigenvalue weighted by molar-refractivity contribution is 7.89. The Bertz CT molecular complexity index is 1800. The van der Waals surface area contributed by atoms with Crippen LogP contribution in [0.1, 0.15) is 44.4 Å². The van der Waals surface area contributed by atoms with Gasteiger partial charge in [0.25, 0.3) is 0 Å². The number of alkyl halides is 3. The molecule has 0 heterocycles. The van der Waals surface area contributed by atoms with Gasteiger partial charge < -0.3 is 29.7 Å². The molecule has 0 spiro atoms. The molecule has 54 heavy (non-hydrogen) atoms. The van der Waals surface area contributed by atoms with E-state index < -0.39 is 70.6 Å². The Kier molecular flexibility index (Phi) is 17.0. The average Bonchev–Trinajstić information content (AvgIpc) is 3.11. The maximum atomic E-state index is 14.2. The molecule has 296 valence electrons. The molecule has 0 aliphatic rings. The molecule has 0 aliphatic carbocycles. The van der Waals surface area contributed by atoms with Crippen molar-refractivity contribution in [1.29, 1.82) is 0 Å². The quantitative estimate of drug-likeness (QED) is 0.126. The molecule has 0 saturated carbocycles. The predicted octanol–water partition coefficient (Wildman–Crippen LogP) is 5.95. The molecule has 0 aliphatic heterocycles. The van der Waals surface area contributed by atoms with E-state index in [1.165, 1.54) is 29.2 Å². The first-order valence-electron chi connectivity index (χ1n) is 16.9. The lowest BCUT2D eigenvalue weighted by Gasteiger charge is -2.34. The number of hydrogen-bond donors (Lipinski definition) is 3. The lowest BCUT2D eigenvalue weighted by atomic mass is 10.0. The van der Waals surface area contributed by atoms with Crippen LogP contribution in [0.25, 0.3) is 0 Å². The fraction of sp³-hybridized carbons (Fsp3) is 0.417. The molecule has 3 rings (SSSR count). The minimum Gasteiger partial charge on any atom is -0.445 e. The van der Waals surface area contributed by atoms with Crippen LogP contribution in [0.3, 0.4) is 0 Å². The van der Waals surface area contributed by atoms with Crippen molar-refractivity contribution in [3.63, 3.8) is 0 Å². The molecule has 0 fully saturated rings. The number of nitrogens with one attached hydrogen (secondary N) is 3. The SMILES string of the molecule is CCOC(CN(C(=O)C(Cc1ccc(C(F)(F)F)cc1)NC(=O)C(CNS(=O)(=O)c1ccc(Cl)cc1Cl)NC(=O)OCc1ccccc1)C(C)C)OCC. The zero-order valence-corrected chi connectivity index (χ0v) is 32.3. The number of carbonyl (C=O) groups excluding carboxylic acids is 3. The molecular weight excluding hydrogens is 776 g/mol. The van der Waals surface area contributed by atoms with Crippen LogP contribution in [0, 0.1) is 0 Å². The summed E-state index contributed by atoms with van der Waals surface area (Å²) in [6.07, 6.45) is -6.82. The molecule has 3 aromatic carbocycles. The van der Waals surface area contributed by atoms with Gasteiger partial charge in [0, 0.05) is 37.2 Å². The first-order valence-corrected chi connectivity index (χ1v) is 19.1. The van der Waals surface area contributed by atoms with Gasteiger partial charge >= 0.3 is 12.3 Å². The first-order chi connectivity index (χ1) is 25.4. The summed E-state index contributed by atoms with van der Waals surface area (Å²) in [5, 5.41) is 4.88. The molecule has 0 aromatic heterocycles. The highest BCUT2D eigenvalue weighted by Gasteiger charge is 2.34. The van der Waals surface area contributed by atoms with Gasteiger partial charge in [-0.05, 0) is 69.2 Å². The van der Waals surface area contributed by atoms with Crippen LogP contribution < -0.4 is 15.4 Å². The highest BCUT2D eigenvalue weighted by Crippen LogP contribution is 2.29. The summed E-state index contributed by atoms with van der Waals surface area (Å²) in [5.41, 5.74) is -0.0221. The molecule has 3 amide bonds. The van der Waals surface area contributed by atoms with Crippen molar-refractivity contribution in [2.24, 2.45) is 0 Å². The second-order valence-corrected chi connectivity index (χ2v) is 14.6. The van der Waals surface area contributed by atoms with Crippen molar-refractivity contribution >= 4 is 51.1 Å². The third-order valence-corrected chi connectivity index (χ3v) is 9.92. The molecule has 18 heteroatoms. The Balaban J connectivity index is 1.96. The van der Waals surface area contributed by atoms with E-state index in [9.17, 15) is 36.0 Å². The standard InChI is InChI=1S/C36H43Cl2F3N4O8S/c1-5-51-32(52-6-2)21-45(23(3)4)34(47)29(18-24-12-14-26(15-13-24)36(39,40)41)43-33(46)30(44-35(48)53-22-25-10-8-7-9-11-25)20-42-54(49,50)31-17-16-27(37)19-28(31)38/h7-17,19,23,29-30,32,42H,5-6,18,20-22H2,1-4H3,(H,43,46)(H,44,48). The van der Waals surface area contributed by atoms with E-state index in [2.05, 4.69) is 15.4 Å². The van der Waals surface area contributed by atoms with Crippen molar-refractivity contribution in [1.82, 2.24) is 20.3 Å². The first kappa shape index (κ1) is 44.5. The molecule has 0 radical (unpaired) electrons. The normalized spacial score (nSPS) is 13.0. The van der Waals surface area contributed by atoms with E-state index in [-0.39, 0.29) is 53.3 Å². The summed E-state index contributed by atoms with van der Waals surface area (Å²) in [4.78, 5) is 42.2. The number of amides is 3. The number of sulfonamides is 1. The second-order valence-electron chi connectivity index (χ2n) is 12.1. The largest absolute Gasteiger partial charge is 0.445 e. The van der Waals surface area contributed by atoms with Crippen molar-refractivity contribution in [2.45, 2.75) is 76.2 Å². The molecule has 3 N–H and O–H groups in total. The number of carbonyl (C=O) groups is 3. The number of rotatable bonds is 19.